The molecule has 134 valence electrons. The van der Waals surface area contributed by atoms with Crippen LogP contribution in [0.2, 0.25) is 0 Å². The first-order valence-electron chi connectivity index (χ1n) is 8.72. The van der Waals surface area contributed by atoms with Crippen molar-refractivity contribution in [1.82, 2.24) is 9.80 Å². The molecule has 3 rings (SSSR count). The number of amides is 2. The van der Waals surface area contributed by atoms with Crippen molar-refractivity contribution in [1.29, 1.82) is 0 Å². The van der Waals surface area contributed by atoms with Crippen LogP contribution in [0.4, 0.5) is 10.5 Å². The van der Waals surface area contributed by atoms with Crippen LogP contribution in [0.3, 0.4) is 0 Å². The lowest BCUT2D eigenvalue weighted by Gasteiger charge is -2.36. The number of hydrogen-bond acceptors (Lipinski definition) is 4. The smallest absolute Gasteiger partial charge is 0.338 e. The number of urea groups is 1. The highest BCUT2D eigenvalue weighted by Crippen LogP contribution is 2.21. The lowest BCUT2D eigenvalue weighted by atomic mass is 10.0. The minimum Gasteiger partial charge on any atom is -0.465 e. The third-order valence-corrected chi connectivity index (χ3v) is 5.01. The molecule has 25 heavy (non-hydrogen) atoms. The molecule has 0 aromatic heterocycles. The van der Waals surface area contributed by atoms with Crippen molar-refractivity contribution in [2.24, 2.45) is 0 Å². The number of nitrogens with zero attached hydrogens (tertiary/aromatic N) is 2. The zero-order chi connectivity index (χ0) is 17.8. The number of aryl methyl sites for hydroxylation is 1. The van der Waals surface area contributed by atoms with Gasteiger partial charge < -0.3 is 15.0 Å². The van der Waals surface area contributed by atoms with Crippen molar-refractivity contribution in [3.05, 3.63) is 41.5 Å². The second-order valence-electron chi connectivity index (χ2n) is 6.59. The van der Waals surface area contributed by atoms with Crippen LogP contribution in [-0.2, 0) is 4.74 Å². The Morgan fingerprint density at radius 2 is 1.84 bits per heavy atom. The van der Waals surface area contributed by atoms with Crippen molar-refractivity contribution in [3.63, 3.8) is 0 Å². The molecular formula is C19H25N3O3. The molecule has 1 aromatic carbocycles. The van der Waals surface area contributed by atoms with Crippen LogP contribution in [0.25, 0.3) is 0 Å². The molecule has 0 bridgehead atoms. The van der Waals surface area contributed by atoms with E-state index < -0.39 is 5.97 Å². The maximum Gasteiger partial charge on any atom is 0.338 e. The monoisotopic (exact) mass is 343 g/mol. The van der Waals surface area contributed by atoms with E-state index in [1.165, 1.54) is 7.11 Å². The van der Waals surface area contributed by atoms with Gasteiger partial charge in [-0.15, -0.1) is 0 Å². The molecule has 1 N–H and O–H groups in total. The topological polar surface area (TPSA) is 61.9 Å². The molecule has 1 saturated heterocycles. The molecule has 0 spiro atoms. The van der Waals surface area contributed by atoms with Crippen molar-refractivity contribution < 1.29 is 14.3 Å². The van der Waals surface area contributed by atoms with E-state index in [-0.39, 0.29) is 6.03 Å². The zero-order valence-corrected chi connectivity index (χ0v) is 14.8. The number of rotatable bonds is 3. The summed E-state index contributed by atoms with van der Waals surface area (Å²) < 4.78 is 4.78. The quantitative estimate of drug-likeness (QED) is 0.677. The van der Waals surface area contributed by atoms with Crippen LogP contribution in [0.1, 0.15) is 28.8 Å². The Bertz CT molecular complexity index is 670. The number of methoxy groups -OCH3 is 1. The zero-order valence-electron chi connectivity index (χ0n) is 14.8. The number of esters is 1. The van der Waals surface area contributed by atoms with Crippen LogP contribution in [0.15, 0.2) is 30.4 Å². The lowest BCUT2D eigenvalue weighted by molar-refractivity contribution is 0.0600. The molecule has 6 nitrogen and oxygen atoms in total. The van der Waals surface area contributed by atoms with Gasteiger partial charge >= 0.3 is 12.0 Å². The normalized spacial score (nSPS) is 18.4. The maximum absolute atomic E-state index is 12.5. The van der Waals surface area contributed by atoms with Crippen LogP contribution in [0, 0.1) is 6.92 Å². The molecule has 0 unspecified atom stereocenters. The summed E-state index contributed by atoms with van der Waals surface area (Å²) in [6, 6.07) is 5.74. The van der Waals surface area contributed by atoms with Gasteiger partial charge in [-0.1, -0.05) is 18.2 Å². The molecule has 0 aliphatic carbocycles. The third-order valence-electron chi connectivity index (χ3n) is 5.01. The largest absolute Gasteiger partial charge is 0.465 e. The minimum absolute atomic E-state index is 0.113. The number of piperidine rings is 1. The summed E-state index contributed by atoms with van der Waals surface area (Å²) in [7, 11) is 1.35. The highest BCUT2D eigenvalue weighted by atomic mass is 16.5. The average Bonchev–Trinajstić information content (AvgIpc) is 3.17. The molecule has 0 atom stereocenters. The van der Waals surface area contributed by atoms with Crippen molar-refractivity contribution in [2.45, 2.75) is 25.8 Å². The average molecular weight is 343 g/mol. The third kappa shape index (κ3) is 4.02. The minimum atomic E-state index is -0.395. The lowest BCUT2D eigenvalue weighted by Crippen LogP contribution is -2.47. The summed E-state index contributed by atoms with van der Waals surface area (Å²) in [5, 5.41) is 2.90. The second kappa shape index (κ2) is 7.70. The number of benzene rings is 1. The van der Waals surface area contributed by atoms with E-state index in [2.05, 4.69) is 22.4 Å². The van der Waals surface area contributed by atoms with Crippen LogP contribution >= 0.6 is 0 Å². The fourth-order valence-electron chi connectivity index (χ4n) is 3.46. The summed E-state index contributed by atoms with van der Waals surface area (Å²) in [6.07, 6.45) is 6.40. The van der Waals surface area contributed by atoms with Crippen molar-refractivity contribution in [3.8, 4) is 0 Å². The van der Waals surface area contributed by atoms with E-state index in [4.69, 9.17) is 4.74 Å². The fraction of sp³-hybridized carbons (Fsp3) is 0.474. The van der Waals surface area contributed by atoms with Crippen LogP contribution in [0.5, 0.6) is 0 Å². The number of nitrogens with one attached hydrogen (secondary N) is 1. The molecule has 6 heteroatoms. The Hall–Kier alpha value is -2.34. The van der Waals surface area contributed by atoms with Gasteiger partial charge in [-0.3, -0.25) is 4.90 Å². The van der Waals surface area contributed by atoms with Crippen molar-refractivity contribution >= 4 is 17.7 Å². The molecule has 2 aliphatic heterocycles. The Morgan fingerprint density at radius 1 is 1.16 bits per heavy atom. The number of carbonyl (C=O) groups excluding carboxylic acids is 2. The maximum atomic E-state index is 12.5. The number of anilines is 1. The fourth-order valence-corrected chi connectivity index (χ4v) is 3.46. The molecule has 1 fully saturated rings. The summed E-state index contributed by atoms with van der Waals surface area (Å²) in [6.45, 7) is 5.40. The molecule has 0 saturated carbocycles. The first-order chi connectivity index (χ1) is 12.1. The number of hydrogen-bond donors (Lipinski definition) is 1. The summed E-state index contributed by atoms with van der Waals surface area (Å²) in [5.41, 5.74) is 1.91. The molecule has 2 aliphatic rings. The van der Waals surface area contributed by atoms with Gasteiger partial charge in [0.15, 0.2) is 0 Å². The van der Waals surface area contributed by atoms with E-state index in [0.29, 0.717) is 17.3 Å². The van der Waals surface area contributed by atoms with E-state index in [9.17, 15) is 9.59 Å². The van der Waals surface area contributed by atoms with Gasteiger partial charge in [0.2, 0.25) is 0 Å². The molecule has 0 radical (unpaired) electrons. The summed E-state index contributed by atoms with van der Waals surface area (Å²) >= 11 is 0. The van der Waals surface area contributed by atoms with Gasteiger partial charge in [0.1, 0.15) is 0 Å². The molecule has 1 aromatic rings. The summed E-state index contributed by atoms with van der Waals surface area (Å²) in [5.74, 6) is -0.395. The predicted molar refractivity (Wildman–Crippen MR) is 96.8 cm³/mol. The Morgan fingerprint density at radius 3 is 2.48 bits per heavy atom. The van der Waals surface area contributed by atoms with Gasteiger partial charge in [-0.25, -0.2) is 9.59 Å². The summed E-state index contributed by atoms with van der Waals surface area (Å²) in [4.78, 5) is 28.6. The highest BCUT2D eigenvalue weighted by Gasteiger charge is 2.27. The first-order valence-corrected chi connectivity index (χ1v) is 8.72. The molecule has 2 heterocycles. The van der Waals surface area contributed by atoms with Gasteiger partial charge in [-0.2, -0.15) is 0 Å². The van der Waals surface area contributed by atoms with Gasteiger partial charge in [0.25, 0.3) is 0 Å². The van der Waals surface area contributed by atoms with Gasteiger partial charge in [0.05, 0.1) is 12.7 Å². The number of ether oxygens (including phenoxy) is 1. The number of carbonyl (C=O) groups is 2. The van der Waals surface area contributed by atoms with E-state index >= 15 is 0 Å². The van der Waals surface area contributed by atoms with Crippen LogP contribution < -0.4 is 5.32 Å². The molecule has 2 amide bonds. The van der Waals surface area contributed by atoms with Crippen LogP contribution in [-0.4, -0.2) is 61.1 Å². The first kappa shape index (κ1) is 17.5. The Kier molecular flexibility index (Phi) is 5.38. The van der Waals surface area contributed by atoms with E-state index in [0.717, 1.165) is 44.6 Å². The standard InChI is InChI=1S/C19H25N3O3/c1-14-5-6-15(13-17(14)18(23)25-2)20-19(24)22-11-7-16(8-12-22)21-9-3-4-10-21/h3-6,13,16H,7-12H2,1-2H3,(H,20,24). The van der Waals surface area contributed by atoms with E-state index in [1.807, 2.05) is 24.0 Å². The Labute approximate surface area is 148 Å². The predicted octanol–water partition coefficient (Wildman–Crippen LogP) is 2.65. The van der Waals surface area contributed by atoms with Crippen molar-refractivity contribution in [2.75, 3.05) is 38.6 Å². The molecular weight excluding hydrogens is 318 g/mol. The number of likely N-dealkylation sites (tertiary alicyclic amines) is 1. The van der Waals surface area contributed by atoms with Gasteiger partial charge in [0, 0.05) is 37.9 Å². The van der Waals surface area contributed by atoms with E-state index in [1.54, 1.807) is 6.07 Å². The highest BCUT2D eigenvalue weighted by molar-refractivity contribution is 5.95. The second-order valence-corrected chi connectivity index (χ2v) is 6.59. The Balaban J connectivity index is 1.57. The SMILES string of the molecule is COC(=O)c1cc(NC(=O)N2CCC(N3CC=CC3)CC2)ccc1C. The van der Waals surface area contributed by atoms with Gasteiger partial charge in [-0.05, 0) is 37.5 Å².